The summed E-state index contributed by atoms with van der Waals surface area (Å²) < 4.78 is 9.95. The second kappa shape index (κ2) is 7.24. The molecule has 0 amide bonds. The highest BCUT2D eigenvalue weighted by Gasteiger charge is 2.26. The number of carbonyl (C=O) groups is 2. The van der Waals surface area contributed by atoms with E-state index in [2.05, 4.69) is 0 Å². The molecule has 1 atom stereocenters. The minimum atomic E-state index is -1.01. The first kappa shape index (κ1) is 14.8. The van der Waals surface area contributed by atoms with Crippen LogP contribution < -0.4 is 0 Å². The molecule has 2 aromatic carbocycles. The monoisotopic (exact) mass is 284 g/mol. The maximum absolute atomic E-state index is 12.6. The predicted octanol–water partition coefficient (Wildman–Crippen LogP) is 3.78. The molecule has 2 rings (SSSR count). The Kier molecular flexibility index (Phi) is 5.10. The van der Waals surface area contributed by atoms with E-state index < -0.39 is 12.3 Å². The molecule has 0 heterocycles. The molecule has 0 radical (unpaired) electrons. The first-order valence-electron chi connectivity index (χ1n) is 6.70. The van der Waals surface area contributed by atoms with E-state index in [1.54, 1.807) is 55.5 Å². The predicted molar refractivity (Wildman–Crippen MR) is 78.1 cm³/mol. The lowest BCUT2D eigenvalue weighted by Crippen LogP contribution is -2.20. The summed E-state index contributed by atoms with van der Waals surface area (Å²) in [5.74, 6) is -0.283. The van der Waals surface area contributed by atoms with Gasteiger partial charge in [0.2, 0.25) is 5.78 Å². The van der Waals surface area contributed by atoms with Crippen LogP contribution >= 0.6 is 0 Å². The van der Waals surface area contributed by atoms with Gasteiger partial charge in [-0.3, -0.25) is 4.79 Å². The fourth-order valence-corrected chi connectivity index (χ4v) is 1.90. The fourth-order valence-electron chi connectivity index (χ4n) is 1.90. The smallest absolute Gasteiger partial charge is 0.435 e. The normalized spacial score (nSPS) is 11.5. The Morgan fingerprint density at radius 2 is 1.52 bits per heavy atom. The van der Waals surface area contributed by atoms with E-state index in [0.717, 1.165) is 0 Å². The van der Waals surface area contributed by atoms with Crippen molar-refractivity contribution < 1.29 is 19.1 Å². The van der Waals surface area contributed by atoms with Crippen molar-refractivity contribution in [2.45, 2.75) is 13.0 Å². The molecular formula is C17H16O4. The van der Waals surface area contributed by atoms with Crippen LogP contribution in [0.15, 0.2) is 60.7 Å². The fraction of sp³-hybridized carbons (Fsp3) is 0.176. The van der Waals surface area contributed by atoms with Crippen LogP contribution in [0.5, 0.6) is 0 Å². The Morgan fingerprint density at radius 3 is 2.10 bits per heavy atom. The van der Waals surface area contributed by atoms with Crippen LogP contribution in [0.3, 0.4) is 0 Å². The van der Waals surface area contributed by atoms with Gasteiger partial charge < -0.3 is 9.47 Å². The summed E-state index contributed by atoms with van der Waals surface area (Å²) in [6, 6.07) is 17.6. The maximum Gasteiger partial charge on any atom is 0.509 e. The van der Waals surface area contributed by atoms with Crippen LogP contribution in [0.1, 0.15) is 28.9 Å². The first-order chi connectivity index (χ1) is 10.2. The lowest BCUT2D eigenvalue weighted by molar-refractivity contribution is 0.0244. The molecule has 0 aliphatic carbocycles. The zero-order valence-corrected chi connectivity index (χ0v) is 11.7. The highest BCUT2D eigenvalue weighted by Crippen LogP contribution is 2.23. The van der Waals surface area contributed by atoms with E-state index in [-0.39, 0.29) is 12.4 Å². The number of carbonyl (C=O) groups excluding carboxylic acids is 2. The molecule has 4 heteroatoms. The number of hydrogen-bond acceptors (Lipinski definition) is 4. The van der Waals surface area contributed by atoms with Crippen LogP contribution in [-0.2, 0) is 9.47 Å². The van der Waals surface area contributed by atoms with Gasteiger partial charge in [0.05, 0.1) is 6.61 Å². The summed E-state index contributed by atoms with van der Waals surface area (Å²) >= 11 is 0. The van der Waals surface area contributed by atoms with Crippen LogP contribution in [0.2, 0.25) is 0 Å². The minimum absolute atomic E-state index is 0.194. The quantitative estimate of drug-likeness (QED) is 0.619. The molecule has 0 bridgehead atoms. The van der Waals surface area contributed by atoms with Crippen LogP contribution in [0.4, 0.5) is 4.79 Å². The summed E-state index contributed by atoms with van der Waals surface area (Å²) in [5.41, 5.74) is 1.09. The number of hydrogen-bond donors (Lipinski definition) is 0. The maximum atomic E-state index is 12.6. The average molecular weight is 284 g/mol. The average Bonchev–Trinajstić information content (AvgIpc) is 2.54. The van der Waals surface area contributed by atoms with Gasteiger partial charge in [0.25, 0.3) is 0 Å². The van der Waals surface area contributed by atoms with E-state index in [0.29, 0.717) is 11.1 Å². The third-order valence-electron chi connectivity index (χ3n) is 2.88. The SMILES string of the molecule is CCOC(=O)OC(C(=O)c1ccccc1)c1ccccc1. The van der Waals surface area contributed by atoms with E-state index >= 15 is 0 Å². The number of rotatable bonds is 5. The molecule has 4 nitrogen and oxygen atoms in total. The summed E-state index contributed by atoms with van der Waals surface area (Å²) in [7, 11) is 0. The standard InChI is InChI=1S/C17H16O4/c1-2-20-17(19)21-16(14-11-7-4-8-12-14)15(18)13-9-5-3-6-10-13/h3-12,16H,2H2,1H3. The number of benzene rings is 2. The van der Waals surface area contributed by atoms with Crippen LogP contribution in [0, 0.1) is 0 Å². The third kappa shape index (κ3) is 3.92. The number of ether oxygens (including phenoxy) is 2. The lowest BCUT2D eigenvalue weighted by atomic mass is 10.00. The molecule has 0 aliphatic heterocycles. The van der Waals surface area contributed by atoms with Gasteiger partial charge in [-0.15, -0.1) is 0 Å². The Hall–Kier alpha value is -2.62. The van der Waals surface area contributed by atoms with Gasteiger partial charge in [-0.2, -0.15) is 0 Å². The molecule has 0 saturated heterocycles. The highest BCUT2D eigenvalue weighted by molar-refractivity contribution is 6.00. The van der Waals surface area contributed by atoms with E-state index in [1.807, 2.05) is 12.1 Å². The van der Waals surface area contributed by atoms with Crippen molar-refractivity contribution in [3.63, 3.8) is 0 Å². The Labute approximate surface area is 123 Å². The van der Waals surface area contributed by atoms with Crippen molar-refractivity contribution in [1.82, 2.24) is 0 Å². The molecule has 0 N–H and O–H groups in total. The number of Topliss-reactive ketones (excluding diaryl/α,β-unsaturated/α-hetero) is 1. The van der Waals surface area contributed by atoms with E-state index in [1.165, 1.54) is 0 Å². The van der Waals surface area contributed by atoms with Gasteiger partial charge in [-0.05, 0) is 6.92 Å². The zero-order chi connectivity index (χ0) is 15.1. The van der Waals surface area contributed by atoms with Gasteiger partial charge in [0.15, 0.2) is 6.10 Å². The largest absolute Gasteiger partial charge is 0.509 e. The Bertz CT molecular complexity index is 593. The molecule has 0 saturated carbocycles. The first-order valence-corrected chi connectivity index (χ1v) is 6.70. The van der Waals surface area contributed by atoms with Gasteiger partial charge in [-0.1, -0.05) is 60.7 Å². The van der Waals surface area contributed by atoms with Gasteiger partial charge in [0, 0.05) is 11.1 Å². The van der Waals surface area contributed by atoms with Crippen molar-refractivity contribution in [2.24, 2.45) is 0 Å². The topological polar surface area (TPSA) is 52.6 Å². The molecule has 1 unspecified atom stereocenters. The Morgan fingerprint density at radius 1 is 0.952 bits per heavy atom. The van der Waals surface area contributed by atoms with E-state index in [4.69, 9.17) is 9.47 Å². The molecular weight excluding hydrogens is 268 g/mol. The number of ketones is 1. The van der Waals surface area contributed by atoms with Crippen molar-refractivity contribution in [2.75, 3.05) is 6.61 Å². The highest BCUT2D eigenvalue weighted by atomic mass is 16.7. The third-order valence-corrected chi connectivity index (χ3v) is 2.88. The van der Waals surface area contributed by atoms with Crippen LogP contribution in [-0.4, -0.2) is 18.5 Å². The van der Waals surface area contributed by atoms with Crippen LogP contribution in [0.25, 0.3) is 0 Å². The molecule has 108 valence electrons. The summed E-state index contributed by atoms with van der Waals surface area (Å²) in [6.07, 6.45) is -1.86. The summed E-state index contributed by atoms with van der Waals surface area (Å²) in [5, 5.41) is 0. The van der Waals surface area contributed by atoms with E-state index in [9.17, 15) is 9.59 Å². The van der Waals surface area contributed by atoms with Crippen molar-refractivity contribution in [1.29, 1.82) is 0 Å². The summed E-state index contributed by atoms with van der Waals surface area (Å²) in [4.78, 5) is 24.1. The molecule has 0 fully saturated rings. The van der Waals surface area contributed by atoms with Crippen molar-refractivity contribution >= 4 is 11.9 Å². The summed E-state index contributed by atoms with van der Waals surface area (Å²) in [6.45, 7) is 1.87. The van der Waals surface area contributed by atoms with Crippen molar-refractivity contribution in [3.8, 4) is 0 Å². The van der Waals surface area contributed by atoms with Gasteiger partial charge in [0.1, 0.15) is 0 Å². The molecule has 0 spiro atoms. The van der Waals surface area contributed by atoms with Gasteiger partial charge >= 0.3 is 6.16 Å². The molecule has 21 heavy (non-hydrogen) atoms. The second-order valence-corrected chi connectivity index (χ2v) is 4.32. The molecule has 0 aliphatic rings. The Balaban J connectivity index is 2.28. The molecule has 0 aromatic heterocycles. The van der Waals surface area contributed by atoms with Crippen molar-refractivity contribution in [3.05, 3.63) is 71.8 Å². The lowest BCUT2D eigenvalue weighted by Gasteiger charge is -2.16. The van der Waals surface area contributed by atoms with Gasteiger partial charge in [-0.25, -0.2) is 4.79 Å². The molecule has 2 aromatic rings. The second-order valence-electron chi connectivity index (χ2n) is 4.32. The zero-order valence-electron chi connectivity index (χ0n) is 11.7. The minimum Gasteiger partial charge on any atom is -0.435 e.